The van der Waals surface area contributed by atoms with Crippen LogP contribution in [0.2, 0.25) is 0 Å². The van der Waals surface area contributed by atoms with E-state index in [0.717, 1.165) is 19.4 Å². The number of aromatic carboxylic acids is 1. The summed E-state index contributed by atoms with van der Waals surface area (Å²) in [6, 6.07) is 5.74. The number of carboxylic acid groups (broad SMARTS) is 1. The van der Waals surface area contributed by atoms with Crippen LogP contribution < -0.4 is 5.32 Å². The van der Waals surface area contributed by atoms with E-state index in [2.05, 4.69) is 12.2 Å². The Morgan fingerprint density at radius 2 is 1.70 bits per heavy atom. The van der Waals surface area contributed by atoms with Crippen molar-refractivity contribution in [2.75, 3.05) is 18.8 Å². The van der Waals surface area contributed by atoms with Gasteiger partial charge < -0.3 is 10.4 Å². The van der Waals surface area contributed by atoms with E-state index in [1.54, 1.807) is 6.07 Å². The van der Waals surface area contributed by atoms with Crippen molar-refractivity contribution < 1.29 is 18.3 Å². The highest BCUT2D eigenvalue weighted by Crippen LogP contribution is 2.16. The SMILES string of the molecule is CCCCCCCCNCCS(=O)(=O)c1ccccc1C(=O)O. The molecule has 1 aromatic carbocycles. The van der Waals surface area contributed by atoms with Gasteiger partial charge >= 0.3 is 5.97 Å². The minimum absolute atomic E-state index is 0.0902. The van der Waals surface area contributed by atoms with Gasteiger partial charge in [-0.25, -0.2) is 13.2 Å². The lowest BCUT2D eigenvalue weighted by Crippen LogP contribution is -2.25. The van der Waals surface area contributed by atoms with Gasteiger partial charge in [0.2, 0.25) is 0 Å². The number of hydrogen-bond acceptors (Lipinski definition) is 4. The molecular weight excluding hydrogens is 314 g/mol. The number of benzene rings is 1. The van der Waals surface area contributed by atoms with E-state index in [1.165, 1.54) is 43.9 Å². The van der Waals surface area contributed by atoms with Gasteiger partial charge in [-0.15, -0.1) is 0 Å². The highest BCUT2D eigenvalue weighted by molar-refractivity contribution is 7.91. The van der Waals surface area contributed by atoms with Gasteiger partial charge in [0, 0.05) is 6.54 Å². The average Bonchev–Trinajstić information content (AvgIpc) is 2.53. The molecule has 0 bridgehead atoms. The van der Waals surface area contributed by atoms with Crippen molar-refractivity contribution in [1.29, 1.82) is 0 Å². The van der Waals surface area contributed by atoms with Crippen molar-refractivity contribution in [1.82, 2.24) is 5.32 Å². The lowest BCUT2D eigenvalue weighted by atomic mass is 10.1. The molecule has 0 saturated heterocycles. The highest BCUT2D eigenvalue weighted by atomic mass is 32.2. The first-order chi connectivity index (χ1) is 11.0. The lowest BCUT2D eigenvalue weighted by Gasteiger charge is -2.08. The summed E-state index contributed by atoms with van der Waals surface area (Å²) < 4.78 is 24.5. The molecule has 5 nitrogen and oxygen atoms in total. The third-order valence-electron chi connectivity index (χ3n) is 3.71. The second-order valence-electron chi connectivity index (χ2n) is 5.64. The van der Waals surface area contributed by atoms with Crippen LogP contribution in [-0.4, -0.2) is 38.3 Å². The van der Waals surface area contributed by atoms with Crippen molar-refractivity contribution in [3.63, 3.8) is 0 Å². The monoisotopic (exact) mass is 341 g/mol. The van der Waals surface area contributed by atoms with E-state index in [1.807, 2.05) is 0 Å². The van der Waals surface area contributed by atoms with Gasteiger partial charge in [-0.2, -0.15) is 0 Å². The summed E-state index contributed by atoms with van der Waals surface area (Å²) in [4.78, 5) is 11.0. The molecule has 0 unspecified atom stereocenters. The molecule has 23 heavy (non-hydrogen) atoms. The van der Waals surface area contributed by atoms with Crippen LogP contribution in [0.1, 0.15) is 55.8 Å². The Labute approximate surface area is 139 Å². The van der Waals surface area contributed by atoms with E-state index in [4.69, 9.17) is 5.11 Å². The molecule has 0 fully saturated rings. The fourth-order valence-electron chi connectivity index (χ4n) is 2.39. The quantitative estimate of drug-likeness (QED) is 0.571. The van der Waals surface area contributed by atoms with Crippen molar-refractivity contribution in [2.45, 2.75) is 50.3 Å². The molecule has 2 N–H and O–H groups in total. The van der Waals surface area contributed by atoms with Gasteiger partial charge in [0.05, 0.1) is 16.2 Å². The third kappa shape index (κ3) is 7.14. The minimum atomic E-state index is -3.58. The number of hydrogen-bond donors (Lipinski definition) is 2. The molecule has 0 aliphatic carbocycles. The molecule has 0 spiro atoms. The fourth-order valence-corrected chi connectivity index (χ4v) is 3.80. The molecule has 0 aromatic heterocycles. The normalized spacial score (nSPS) is 11.5. The third-order valence-corrected chi connectivity index (χ3v) is 5.47. The molecule has 0 aliphatic rings. The number of nitrogens with one attached hydrogen (secondary N) is 1. The summed E-state index contributed by atoms with van der Waals surface area (Å²) in [7, 11) is -3.58. The number of carbonyl (C=O) groups is 1. The minimum Gasteiger partial charge on any atom is -0.478 e. The predicted molar refractivity (Wildman–Crippen MR) is 91.7 cm³/mol. The summed E-state index contributed by atoms with van der Waals surface area (Å²) in [5.41, 5.74) is -0.163. The molecule has 1 rings (SSSR count). The fraction of sp³-hybridized carbons (Fsp3) is 0.588. The number of carboxylic acids is 1. The van der Waals surface area contributed by atoms with Gasteiger partial charge in [-0.05, 0) is 25.1 Å². The van der Waals surface area contributed by atoms with Crippen LogP contribution in [0, 0.1) is 0 Å². The zero-order valence-corrected chi connectivity index (χ0v) is 14.6. The van der Waals surface area contributed by atoms with Gasteiger partial charge in [0.1, 0.15) is 0 Å². The average molecular weight is 341 g/mol. The number of rotatable bonds is 12. The van der Waals surface area contributed by atoms with Crippen LogP contribution >= 0.6 is 0 Å². The van der Waals surface area contributed by atoms with Gasteiger partial charge in [-0.3, -0.25) is 0 Å². The maximum absolute atomic E-state index is 12.3. The molecule has 0 saturated carbocycles. The maximum Gasteiger partial charge on any atom is 0.337 e. The molecule has 0 atom stereocenters. The van der Waals surface area contributed by atoms with Gasteiger partial charge in [0.25, 0.3) is 0 Å². The van der Waals surface area contributed by atoms with E-state index < -0.39 is 15.8 Å². The van der Waals surface area contributed by atoms with Crippen LogP contribution in [0.5, 0.6) is 0 Å². The van der Waals surface area contributed by atoms with Crippen molar-refractivity contribution in [2.24, 2.45) is 0 Å². The van der Waals surface area contributed by atoms with E-state index >= 15 is 0 Å². The zero-order chi connectivity index (χ0) is 17.1. The first kappa shape index (κ1) is 19.6. The second-order valence-corrected chi connectivity index (χ2v) is 7.72. The summed E-state index contributed by atoms with van der Waals surface area (Å²) in [6.07, 6.45) is 7.18. The highest BCUT2D eigenvalue weighted by Gasteiger charge is 2.21. The molecule has 130 valence electrons. The van der Waals surface area contributed by atoms with Crippen molar-refractivity contribution in [3.05, 3.63) is 29.8 Å². The van der Waals surface area contributed by atoms with Crippen LogP contribution in [0.15, 0.2) is 29.2 Å². The predicted octanol–water partition coefficient (Wildman–Crippen LogP) is 3.11. The Balaban J connectivity index is 2.36. The first-order valence-electron chi connectivity index (χ1n) is 8.25. The van der Waals surface area contributed by atoms with Crippen LogP contribution in [0.4, 0.5) is 0 Å². The second kappa shape index (κ2) is 10.4. The molecular formula is C17H27NO4S. The van der Waals surface area contributed by atoms with E-state index in [9.17, 15) is 13.2 Å². The van der Waals surface area contributed by atoms with Gasteiger partial charge in [-0.1, -0.05) is 51.2 Å². The van der Waals surface area contributed by atoms with E-state index in [0.29, 0.717) is 6.54 Å². The first-order valence-corrected chi connectivity index (χ1v) is 9.90. The zero-order valence-electron chi connectivity index (χ0n) is 13.8. The molecule has 0 heterocycles. The number of sulfone groups is 1. The molecule has 1 aromatic rings. The Morgan fingerprint density at radius 1 is 1.04 bits per heavy atom. The Kier molecular flexibility index (Phi) is 8.87. The smallest absolute Gasteiger partial charge is 0.337 e. The Bertz CT molecular complexity index is 584. The Morgan fingerprint density at radius 3 is 2.39 bits per heavy atom. The van der Waals surface area contributed by atoms with Crippen molar-refractivity contribution in [3.8, 4) is 0 Å². The summed E-state index contributed by atoms with van der Waals surface area (Å²) in [5.74, 6) is -1.31. The maximum atomic E-state index is 12.3. The summed E-state index contributed by atoms with van der Waals surface area (Å²) in [5, 5.41) is 12.2. The summed E-state index contributed by atoms with van der Waals surface area (Å²) >= 11 is 0. The number of unbranched alkanes of at least 4 members (excludes halogenated alkanes) is 5. The van der Waals surface area contributed by atoms with E-state index in [-0.39, 0.29) is 16.2 Å². The lowest BCUT2D eigenvalue weighted by molar-refractivity contribution is 0.0692. The summed E-state index contributed by atoms with van der Waals surface area (Å²) in [6.45, 7) is 3.32. The Hall–Kier alpha value is -1.40. The molecule has 0 radical (unpaired) electrons. The van der Waals surface area contributed by atoms with Crippen molar-refractivity contribution >= 4 is 15.8 Å². The standard InChI is InChI=1S/C17H27NO4S/c1-2-3-4-5-6-9-12-18-13-14-23(21,22)16-11-8-7-10-15(16)17(19)20/h7-8,10-11,18H,2-6,9,12-14H2,1H3,(H,19,20). The molecule has 0 amide bonds. The van der Waals surface area contributed by atoms with Crippen LogP contribution in [0.25, 0.3) is 0 Å². The topological polar surface area (TPSA) is 83.5 Å². The molecule has 6 heteroatoms. The van der Waals surface area contributed by atoms with Crippen LogP contribution in [0.3, 0.4) is 0 Å². The van der Waals surface area contributed by atoms with Gasteiger partial charge in [0.15, 0.2) is 9.84 Å². The largest absolute Gasteiger partial charge is 0.478 e. The van der Waals surface area contributed by atoms with Crippen LogP contribution in [-0.2, 0) is 9.84 Å². The molecule has 0 aliphatic heterocycles.